The molecule has 0 aliphatic carbocycles. The Kier molecular flexibility index (Phi) is 8.98. The Morgan fingerprint density at radius 1 is 1.11 bits per heavy atom. The van der Waals surface area contributed by atoms with Crippen molar-refractivity contribution in [2.45, 2.75) is 19.4 Å². The summed E-state index contributed by atoms with van der Waals surface area (Å²) in [6.07, 6.45) is 0.602. The standard InChI is InChI=1S/C25H29N5O5S/c1-4-15-7-5-6-8-18(15)30(25(33)22-19(26)20(23(27)31)29-36-22)21(24(32)28-13-14-34-2)16-9-11-17(35-3)12-10-16/h5-12,21H,4,13-14,26H2,1-3H3,(H2,27,31)(H,28,32)/t21-/m1/s1. The summed E-state index contributed by atoms with van der Waals surface area (Å²) in [5.74, 6) is -1.25. The number of aryl methyl sites for hydroxylation is 1. The summed E-state index contributed by atoms with van der Waals surface area (Å²) < 4.78 is 14.3. The lowest BCUT2D eigenvalue weighted by molar-refractivity contribution is -0.122. The average Bonchev–Trinajstić information content (AvgIpc) is 3.28. The number of nitrogens with two attached hydrogens (primary N) is 2. The number of primary amides is 1. The molecule has 0 aliphatic heterocycles. The monoisotopic (exact) mass is 511 g/mol. The van der Waals surface area contributed by atoms with E-state index in [-0.39, 0.29) is 22.8 Å². The van der Waals surface area contributed by atoms with Crippen LogP contribution in [0.15, 0.2) is 48.5 Å². The minimum absolute atomic E-state index is 0.0120. The van der Waals surface area contributed by atoms with Gasteiger partial charge in [-0.25, -0.2) is 0 Å². The largest absolute Gasteiger partial charge is 0.497 e. The van der Waals surface area contributed by atoms with E-state index in [1.807, 2.05) is 19.1 Å². The van der Waals surface area contributed by atoms with Gasteiger partial charge >= 0.3 is 0 Å². The van der Waals surface area contributed by atoms with Crippen LogP contribution >= 0.6 is 11.5 Å². The van der Waals surface area contributed by atoms with Gasteiger partial charge < -0.3 is 26.3 Å². The van der Waals surface area contributed by atoms with Crippen LogP contribution in [-0.4, -0.2) is 49.5 Å². The highest BCUT2D eigenvalue weighted by Gasteiger charge is 2.36. The molecule has 0 radical (unpaired) electrons. The van der Waals surface area contributed by atoms with Gasteiger partial charge in [-0.3, -0.25) is 19.3 Å². The molecular weight excluding hydrogens is 482 g/mol. The first-order valence-corrected chi connectivity index (χ1v) is 12.0. The number of amides is 3. The number of hydrogen-bond donors (Lipinski definition) is 3. The van der Waals surface area contributed by atoms with Gasteiger partial charge in [0.05, 0.1) is 19.4 Å². The van der Waals surface area contributed by atoms with Crippen molar-refractivity contribution >= 4 is 40.6 Å². The van der Waals surface area contributed by atoms with Crippen molar-refractivity contribution in [2.24, 2.45) is 5.73 Å². The Hall–Kier alpha value is -3.96. The van der Waals surface area contributed by atoms with Crippen molar-refractivity contribution in [3.8, 4) is 5.75 Å². The van der Waals surface area contributed by atoms with E-state index in [1.165, 1.54) is 12.0 Å². The molecule has 10 nitrogen and oxygen atoms in total. The minimum Gasteiger partial charge on any atom is -0.497 e. The molecule has 36 heavy (non-hydrogen) atoms. The van der Waals surface area contributed by atoms with Crippen LogP contribution in [0.25, 0.3) is 0 Å². The average molecular weight is 512 g/mol. The number of benzene rings is 2. The summed E-state index contributed by atoms with van der Waals surface area (Å²) in [4.78, 5) is 40.8. The molecule has 5 N–H and O–H groups in total. The van der Waals surface area contributed by atoms with Gasteiger partial charge in [-0.05, 0) is 47.3 Å². The highest BCUT2D eigenvalue weighted by atomic mass is 32.1. The first kappa shape index (κ1) is 26.6. The second kappa shape index (κ2) is 12.1. The minimum atomic E-state index is -1.08. The van der Waals surface area contributed by atoms with Crippen LogP contribution in [-0.2, 0) is 16.0 Å². The zero-order valence-corrected chi connectivity index (χ0v) is 21.1. The first-order chi connectivity index (χ1) is 17.3. The molecule has 0 saturated heterocycles. The third-order valence-corrected chi connectivity index (χ3v) is 6.40. The molecular formula is C25H29N5O5S. The summed E-state index contributed by atoms with van der Waals surface area (Å²) in [6, 6.07) is 13.1. The summed E-state index contributed by atoms with van der Waals surface area (Å²) in [5, 5.41) is 2.84. The summed E-state index contributed by atoms with van der Waals surface area (Å²) in [6.45, 7) is 2.49. The van der Waals surface area contributed by atoms with E-state index >= 15 is 0 Å². The Balaban J connectivity index is 2.22. The van der Waals surface area contributed by atoms with Crippen LogP contribution < -0.4 is 26.4 Å². The molecule has 0 aliphatic rings. The van der Waals surface area contributed by atoms with E-state index in [0.29, 0.717) is 30.0 Å². The summed E-state index contributed by atoms with van der Waals surface area (Å²) >= 11 is 0.762. The third kappa shape index (κ3) is 5.64. The number of methoxy groups -OCH3 is 2. The molecule has 1 aromatic heterocycles. The van der Waals surface area contributed by atoms with Gasteiger partial charge in [0.25, 0.3) is 11.8 Å². The van der Waals surface area contributed by atoms with Gasteiger partial charge in [0.2, 0.25) is 5.91 Å². The molecule has 3 amide bonds. The third-order valence-electron chi connectivity index (χ3n) is 5.55. The predicted octanol–water partition coefficient (Wildman–Crippen LogP) is 2.55. The number of hydrogen-bond acceptors (Lipinski definition) is 8. The van der Waals surface area contributed by atoms with Crippen LogP contribution in [0.3, 0.4) is 0 Å². The zero-order valence-electron chi connectivity index (χ0n) is 20.3. The predicted molar refractivity (Wildman–Crippen MR) is 138 cm³/mol. The maximum absolute atomic E-state index is 14.1. The first-order valence-electron chi connectivity index (χ1n) is 11.2. The van der Waals surface area contributed by atoms with Crippen LogP contribution in [0.4, 0.5) is 11.4 Å². The number of carbonyl (C=O) groups is 3. The van der Waals surface area contributed by atoms with Gasteiger partial charge in [-0.1, -0.05) is 37.3 Å². The molecule has 190 valence electrons. The van der Waals surface area contributed by atoms with Crippen LogP contribution in [0, 0.1) is 0 Å². The van der Waals surface area contributed by atoms with Crippen LogP contribution in [0.1, 0.15) is 44.3 Å². The molecule has 2 aromatic carbocycles. The topological polar surface area (TPSA) is 150 Å². The van der Waals surface area contributed by atoms with Crippen molar-refractivity contribution in [3.63, 3.8) is 0 Å². The molecule has 11 heteroatoms. The molecule has 1 atom stereocenters. The maximum atomic E-state index is 14.1. The van der Waals surface area contributed by atoms with Gasteiger partial charge in [-0.2, -0.15) is 4.37 Å². The fraction of sp³-hybridized carbons (Fsp3) is 0.280. The number of aromatic nitrogens is 1. The number of carbonyl (C=O) groups excluding carboxylic acids is 3. The van der Waals surface area contributed by atoms with E-state index in [4.69, 9.17) is 20.9 Å². The van der Waals surface area contributed by atoms with Crippen molar-refractivity contribution < 1.29 is 23.9 Å². The second-order valence-electron chi connectivity index (χ2n) is 7.76. The van der Waals surface area contributed by atoms with E-state index < -0.39 is 23.8 Å². The zero-order chi connectivity index (χ0) is 26.2. The summed E-state index contributed by atoms with van der Waals surface area (Å²) in [5.41, 5.74) is 13.1. The lowest BCUT2D eigenvalue weighted by Crippen LogP contribution is -2.45. The molecule has 0 saturated carbocycles. The Labute approximate surface area is 213 Å². The van der Waals surface area contributed by atoms with E-state index in [1.54, 1.807) is 43.5 Å². The Morgan fingerprint density at radius 2 is 1.81 bits per heavy atom. The van der Waals surface area contributed by atoms with E-state index in [2.05, 4.69) is 9.69 Å². The van der Waals surface area contributed by atoms with E-state index in [9.17, 15) is 14.4 Å². The van der Waals surface area contributed by atoms with Crippen molar-refractivity contribution in [1.82, 2.24) is 9.69 Å². The molecule has 0 bridgehead atoms. The Morgan fingerprint density at radius 3 is 2.39 bits per heavy atom. The lowest BCUT2D eigenvalue weighted by Gasteiger charge is -2.32. The van der Waals surface area contributed by atoms with Crippen molar-refractivity contribution in [1.29, 1.82) is 0 Å². The van der Waals surface area contributed by atoms with Gasteiger partial charge in [0.15, 0.2) is 5.69 Å². The van der Waals surface area contributed by atoms with Crippen LogP contribution in [0.2, 0.25) is 0 Å². The number of nitrogen functional groups attached to an aromatic ring is 1. The highest BCUT2D eigenvalue weighted by Crippen LogP contribution is 2.35. The number of para-hydroxylation sites is 1. The molecule has 0 fully saturated rings. The lowest BCUT2D eigenvalue weighted by atomic mass is 10.00. The summed E-state index contributed by atoms with van der Waals surface area (Å²) in [7, 11) is 3.07. The molecule has 0 spiro atoms. The fourth-order valence-corrected chi connectivity index (χ4v) is 4.47. The van der Waals surface area contributed by atoms with Crippen molar-refractivity contribution in [3.05, 3.63) is 70.2 Å². The number of nitrogens with zero attached hydrogens (tertiary/aromatic N) is 2. The molecule has 3 aromatic rings. The number of rotatable bonds is 11. The fourth-order valence-electron chi connectivity index (χ4n) is 3.73. The maximum Gasteiger partial charge on any atom is 0.273 e. The SMILES string of the molecule is CCc1ccccc1N(C(=O)c1snc(C(N)=O)c1N)[C@@H](C(=O)NCCOC)c1ccc(OC)cc1. The normalized spacial score (nSPS) is 11.5. The highest BCUT2D eigenvalue weighted by molar-refractivity contribution is 7.09. The smallest absolute Gasteiger partial charge is 0.273 e. The van der Waals surface area contributed by atoms with Gasteiger partial charge in [-0.15, -0.1) is 0 Å². The van der Waals surface area contributed by atoms with E-state index in [0.717, 1.165) is 17.1 Å². The molecule has 1 heterocycles. The van der Waals surface area contributed by atoms with Gasteiger partial charge in [0.1, 0.15) is 16.7 Å². The number of ether oxygens (including phenoxy) is 2. The van der Waals surface area contributed by atoms with Crippen LogP contribution in [0.5, 0.6) is 5.75 Å². The quantitative estimate of drug-likeness (QED) is 0.335. The number of nitrogens with one attached hydrogen (secondary N) is 1. The number of anilines is 2. The Bertz CT molecular complexity index is 1230. The van der Waals surface area contributed by atoms with Crippen molar-refractivity contribution in [2.75, 3.05) is 38.0 Å². The van der Waals surface area contributed by atoms with Gasteiger partial charge in [0, 0.05) is 19.3 Å². The second-order valence-corrected chi connectivity index (χ2v) is 8.53. The molecule has 3 rings (SSSR count). The molecule has 0 unspecified atom stereocenters.